The number of hydrogen-bond acceptors (Lipinski definition) is 4. The summed E-state index contributed by atoms with van der Waals surface area (Å²) >= 11 is 0. The highest BCUT2D eigenvalue weighted by Gasteiger charge is 2.26. The number of hydrogen-bond donors (Lipinski definition) is 1. The van der Waals surface area contributed by atoms with Crippen LogP contribution in [0.25, 0.3) is 6.08 Å². The van der Waals surface area contributed by atoms with Crippen LogP contribution in [0.5, 0.6) is 5.75 Å². The number of nitrogens with one attached hydrogen (secondary N) is 1. The third kappa shape index (κ3) is 5.39. The molecule has 5 heteroatoms. The van der Waals surface area contributed by atoms with Gasteiger partial charge < -0.3 is 15.0 Å². The van der Waals surface area contributed by atoms with Crippen LogP contribution in [0.3, 0.4) is 0 Å². The molecule has 4 rings (SSSR count). The molecule has 1 aliphatic carbocycles. The molecule has 1 aliphatic heterocycles. The van der Waals surface area contributed by atoms with Gasteiger partial charge in [0, 0.05) is 55.7 Å². The second kappa shape index (κ2) is 9.14. The van der Waals surface area contributed by atoms with E-state index in [-0.39, 0.29) is 5.91 Å². The molecule has 2 aromatic rings. The number of para-hydroxylation sites is 1. The molecule has 2 aromatic carbocycles. The van der Waals surface area contributed by atoms with E-state index in [2.05, 4.69) is 27.2 Å². The maximum Gasteiger partial charge on any atom is 0.248 e. The number of nitrogens with zero attached hydrogens (tertiary/aromatic N) is 2. The summed E-state index contributed by atoms with van der Waals surface area (Å²) in [7, 11) is 1.63. The summed E-state index contributed by atoms with van der Waals surface area (Å²) in [4.78, 5) is 17.4. The number of ether oxygens (including phenoxy) is 1. The molecule has 29 heavy (non-hydrogen) atoms. The van der Waals surface area contributed by atoms with E-state index < -0.39 is 0 Å². The minimum atomic E-state index is -0.151. The fourth-order valence-corrected chi connectivity index (χ4v) is 3.79. The molecule has 1 heterocycles. The number of anilines is 2. The van der Waals surface area contributed by atoms with E-state index in [0.717, 1.165) is 49.1 Å². The quantitative estimate of drug-likeness (QED) is 0.728. The number of methoxy groups -OCH3 is 1. The Kier molecular flexibility index (Phi) is 6.15. The normalized spacial score (nSPS) is 17.5. The van der Waals surface area contributed by atoms with Gasteiger partial charge in [0.15, 0.2) is 0 Å². The zero-order chi connectivity index (χ0) is 20.1. The van der Waals surface area contributed by atoms with Gasteiger partial charge in [-0.3, -0.25) is 9.69 Å². The van der Waals surface area contributed by atoms with E-state index >= 15 is 0 Å². The Labute approximate surface area is 173 Å². The second-order valence-corrected chi connectivity index (χ2v) is 7.85. The summed E-state index contributed by atoms with van der Waals surface area (Å²) in [5.74, 6) is 1.55. The molecule has 1 amide bonds. The molecule has 1 saturated carbocycles. The standard InChI is InChI=1S/C24H29N3O2/c1-29-23-8-3-2-5-20(23)11-12-24(28)25-21-6-4-7-22(17-21)27-15-13-26(14-16-27)18-19-9-10-19/h2-8,11-12,17,19H,9-10,13-16,18H2,1H3,(H,25,28)/b12-11+. The fraction of sp³-hybridized carbons (Fsp3) is 0.375. The van der Waals surface area contributed by atoms with E-state index in [1.54, 1.807) is 19.3 Å². The largest absolute Gasteiger partial charge is 0.496 e. The average Bonchev–Trinajstić information content (AvgIpc) is 3.57. The molecular formula is C24H29N3O2. The molecular weight excluding hydrogens is 362 g/mol. The number of amides is 1. The highest BCUT2D eigenvalue weighted by molar-refractivity contribution is 6.02. The van der Waals surface area contributed by atoms with Gasteiger partial charge in [0.25, 0.3) is 0 Å². The van der Waals surface area contributed by atoms with Crippen LogP contribution in [-0.2, 0) is 4.79 Å². The first-order valence-corrected chi connectivity index (χ1v) is 10.4. The lowest BCUT2D eigenvalue weighted by Crippen LogP contribution is -2.47. The van der Waals surface area contributed by atoms with Crippen LogP contribution in [0.1, 0.15) is 18.4 Å². The van der Waals surface area contributed by atoms with Gasteiger partial charge in [0.2, 0.25) is 5.91 Å². The number of rotatable bonds is 7. The highest BCUT2D eigenvalue weighted by Crippen LogP contribution is 2.30. The minimum absolute atomic E-state index is 0.151. The van der Waals surface area contributed by atoms with E-state index in [1.807, 2.05) is 36.4 Å². The van der Waals surface area contributed by atoms with Crippen LogP contribution in [0.2, 0.25) is 0 Å². The molecule has 2 aliphatic rings. The van der Waals surface area contributed by atoms with Gasteiger partial charge in [-0.25, -0.2) is 0 Å². The Morgan fingerprint density at radius 3 is 2.66 bits per heavy atom. The van der Waals surface area contributed by atoms with Crippen molar-refractivity contribution < 1.29 is 9.53 Å². The Balaban J connectivity index is 1.33. The molecule has 5 nitrogen and oxygen atoms in total. The van der Waals surface area contributed by atoms with Crippen LogP contribution in [-0.4, -0.2) is 50.6 Å². The first-order valence-electron chi connectivity index (χ1n) is 10.4. The van der Waals surface area contributed by atoms with Gasteiger partial charge in [-0.2, -0.15) is 0 Å². The van der Waals surface area contributed by atoms with Gasteiger partial charge in [-0.15, -0.1) is 0 Å². The average molecular weight is 392 g/mol. The summed E-state index contributed by atoms with van der Waals surface area (Å²) in [5.41, 5.74) is 2.86. The van der Waals surface area contributed by atoms with Gasteiger partial charge in [0.1, 0.15) is 5.75 Å². The molecule has 1 saturated heterocycles. The van der Waals surface area contributed by atoms with Crippen LogP contribution >= 0.6 is 0 Å². The SMILES string of the molecule is COc1ccccc1/C=C/C(=O)Nc1cccc(N2CCN(CC3CC3)CC2)c1. The van der Waals surface area contributed by atoms with Crippen molar-refractivity contribution in [3.8, 4) is 5.75 Å². The molecule has 0 atom stereocenters. The molecule has 0 radical (unpaired) electrons. The monoisotopic (exact) mass is 391 g/mol. The number of carbonyl (C=O) groups is 1. The van der Waals surface area contributed by atoms with Gasteiger partial charge in [0.05, 0.1) is 7.11 Å². The van der Waals surface area contributed by atoms with Crippen LogP contribution < -0.4 is 15.0 Å². The predicted octanol–water partition coefficient (Wildman–Crippen LogP) is 3.88. The van der Waals surface area contributed by atoms with Crippen molar-refractivity contribution in [1.29, 1.82) is 0 Å². The Bertz CT molecular complexity index is 868. The lowest BCUT2D eigenvalue weighted by atomic mass is 10.2. The molecule has 152 valence electrons. The summed E-state index contributed by atoms with van der Waals surface area (Å²) in [6, 6.07) is 15.8. The molecule has 0 aromatic heterocycles. The summed E-state index contributed by atoms with van der Waals surface area (Å²) < 4.78 is 5.32. The number of benzene rings is 2. The zero-order valence-corrected chi connectivity index (χ0v) is 17.0. The zero-order valence-electron chi connectivity index (χ0n) is 17.0. The summed E-state index contributed by atoms with van der Waals surface area (Å²) in [5, 5.41) is 2.97. The minimum Gasteiger partial charge on any atom is -0.496 e. The van der Waals surface area contributed by atoms with E-state index in [9.17, 15) is 4.79 Å². The van der Waals surface area contributed by atoms with Crippen LogP contribution in [0, 0.1) is 5.92 Å². The molecule has 0 unspecified atom stereocenters. The highest BCUT2D eigenvalue weighted by atomic mass is 16.5. The van der Waals surface area contributed by atoms with Crippen molar-refractivity contribution in [3.05, 3.63) is 60.2 Å². The predicted molar refractivity (Wildman–Crippen MR) is 118 cm³/mol. The molecule has 0 bridgehead atoms. The van der Waals surface area contributed by atoms with Gasteiger partial charge in [-0.1, -0.05) is 24.3 Å². The molecule has 2 fully saturated rings. The number of piperazine rings is 1. The summed E-state index contributed by atoms with van der Waals surface area (Å²) in [6.07, 6.45) is 6.14. The number of carbonyl (C=O) groups excluding carboxylic acids is 1. The van der Waals surface area contributed by atoms with E-state index in [1.165, 1.54) is 25.1 Å². The maximum atomic E-state index is 12.4. The Morgan fingerprint density at radius 1 is 1.10 bits per heavy atom. The van der Waals surface area contributed by atoms with Crippen molar-refractivity contribution in [2.75, 3.05) is 50.1 Å². The van der Waals surface area contributed by atoms with Crippen molar-refractivity contribution in [2.45, 2.75) is 12.8 Å². The topological polar surface area (TPSA) is 44.8 Å². The third-order valence-electron chi connectivity index (χ3n) is 5.62. The van der Waals surface area contributed by atoms with Crippen molar-refractivity contribution >= 4 is 23.4 Å². The second-order valence-electron chi connectivity index (χ2n) is 7.85. The van der Waals surface area contributed by atoms with Crippen molar-refractivity contribution in [3.63, 3.8) is 0 Å². The third-order valence-corrected chi connectivity index (χ3v) is 5.62. The van der Waals surface area contributed by atoms with Crippen molar-refractivity contribution in [1.82, 2.24) is 4.90 Å². The maximum absolute atomic E-state index is 12.4. The first-order chi connectivity index (χ1) is 14.2. The summed E-state index contributed by atoms with van der Waals surface area (Å²) in [6.45, 7) is 5.58. The smallest absolute Gasteiger partial charge is 0.248 e. The van der Waals surface area contributed by atoms with Crippen LogP contribution in [0.4, 0.5) is 11.4 Å². The lowest BCUT2D eigenvalue weighted by Gasteiger charge is -2.36. The van der Waals surface area contributed by atoms with Gasteiger partial charge >= 0.3 is 0 Å². The molecule has 1 N–H and O–H groups in total. The van der Waals surface area contributed by atoms with Crippen LogP contribution in [0.15, 0.2) is 54.6 Å². The molecule has 0 spiro atoms. The van der Waals surface area contributed by atoms with E-state index in [4.69, 9.17) is 4.74 Å². The fourth-order valence-electron chi connectivity index (χ4n) is 3.79. The Morgan fingerprint density at radius 2 is 1.90 bits per heavy atom. The van der Waals surface area contributed by atoms with E-state index in [0.29, 0.717) is 0 Å². The van der Waals surface area contributed by atoms with Crippen molar-refractivity contribution in [2.24, 2.45) is 5.92 Å². The first kappa shape index (κ1) is 19.5. The van der Waals surface area contributed by atoms with Gasteiger partial charge in [-0.05, 0) is 49.1 Å². The lowest BCUT2D eigenvalue weighted by molar-refractivity contribution is -0.111. The Hall–Kier alpha value is -2.79.